The lowest BCUT2D eigenvalue weighted by Gasteiger charge is -2.36. The zero-order valence-electron chi connectivity index (χ0n) is 16.5. The zero-order chi connectivity index (χ0) is 19.6. The van der Waals surface area contributed by atoms with E-state index in [0.717, 1.165) is 66.8 Å². The van der Waals surface area contributed by atoms with Crippen molar-refractivity contribution >= 4 is 34.3 Å². The quantitative estimate of drug-likeness (QED) is 0.662. The molecule has 0 spiro atoms. The van der Waals surface area contributed by atoms with Crippen molar-refractivity contribution in [2.75, 3.05) is 42.9 Å². The first-order valence-corrected chi connectivity index (χ1v) is 10.9. The molecule has 0 atom stereocenters. The molecule has 2 fully saturated rings. The summed E-state index contributed by atoms with van der Waals surface area (Å²) < 4.78 is 0. The molecule has 1 aliphatic heterocycles. The van der Waals surface area contributed by atoms with Crippen LogP contribution in [0.4, 0.5) is 11.6 Å². The number of benzene rings is 2. The van der Waals surface area contributed by atoms with E-state index in [0.29, 0.717) is 6.04 Å². The molecule has 0 unspecified atom stereocenters. The smallest absolute Gasteiger partial charge is 0.172 e. The van der Waals surface area contributed by atoms with Gasteiger partial charge in [-0.05, 0) is 49.1 Å². The first-order valence-electron chi connectivity index (χ1n) is 10.5. The number of rotatable bonds is 6. The Hall–Kier alpha value is -2.37. The number of nitrogens with zero attached hydrogens (tertiary/aromatic N) is 4. The molecular weight excluding hydrogens is 382 g/mol. The topological polar surface area (TPSA) is 44.3 Å². The second-order valence-electron chi connectivity index (χ2n) is 8.01. The maximum absolute atomic E-state index is 5.99. The lowest BCUT2D eigenvalue weighted by molar-refractivity contribution is 0.260. The Bertz CT molecular complexity index is 978. The van der Waals surface area contributed by atoms with Gasteiger partial charge < -0.3 is 10.2 Å². The Morgan fingerprint density at radius 3 is 2.28 bits per heavy atom. The lowest BCUT2D eigenvalue weighted by Crippen LogP contribution is -2.47. The van der Waals surface area contributed by atoms with Gasteiger partial charge in [-0.25, -0.2) is 9.97 Å². The number of aromatic nitrogens is 2. The summed E-state index contributed by atoms with van der Waals surface area (Å²) in [5.74, 6) is 1.95. The summed E-state index contributed by atoms with van der Waals surface area (Å²) >= 11 is 5.99. The molecule has 29 heavy (non-hydrogen) atoms. The molecule has 5 rings (SSSR count). The Morgan fingerprint density at radius 2 is 1.59 bits per heavy atom. The van der Waals surface area contributed by atoms with Crippen molar-refractivity contribution < 1.29 is 0 Å². The minimum atomic E-state index is 0.560. The summed E-state index contributed by atoms with van der Waals surface area (Å²) in [6.45, 7) is 5.13. The highest BCUT2D eigenvalue weighted by atomic mass is 35.5. The lowest BCUT2D eigenvalue weighted by atomic mass is 10.1. The fourth-order valence-electron chi connectivity index (χ4n) is 3.85. The van der Waals surface area contributed by atoms with Crippen molar-refractivity contribution in [3.05, 3.63) is 59.1 Å². The Kier molecular flexibility index (Phi) is 5.25. The van der Waals surface area contributed by atoms with E-state index < -0.39 is 0 Å². The minimum absolute atomic E-state index is 0.560. The van der Waals surface area contributed by atoms with Crippen LogP contribution in [-0.4, -0.2) is 53.6 Å². The number of fused-ring (bicyclic) bond motifs is 1. The standard InChI is InChI=1S/C23H26ClN5/c24-18-7-5-17(6-8-18)11-12-28-13-15-29(16-14-28)23-22(25-19-9-10-19)26-20-3-1-2-4-21(20)27-23/h1-8,19H,9-16H2,(H,25,26). The molecule has 6 heteroatoms. The zero-order valence-corrected chi connectivity index (χ0v) is 17.3. The van der Waals surface area contributed by atoms with Crippen LogP contribution in [0, 0.1) is 0 Å². The second-order valence-corrected chi connectivity index (χ2v) is 8.44. The van der Waals surface area contributed by atoms with E-state index in [-0.39, 0.29) is 0 Å². The molecule has 1 N–H and O–H groups in total. The van der Waals surface area contributed by atoms with Crippen LogP contribution in [-0.2, 0) is 6.42 Å². The van der Waals surface area contributed by atoms with Crippen molar-refractivity contribution in [2.24, 2.45) is 0 Å². The van der Waals surface area contributed by atoms with E-state index in [1.807, 2.05) is 30.3 Å². The van der Waals surface area contributed by atoms with Gasteiger partial charge in [0.2, 0.25) is 0 Å². The molecule has 2 aromatic carbocycles. The second kappa shape index (κ2) is 8.17. The van der Waals surface area contributed by atoms with Crippen LogP contribution >= 0.6 is 11.6 Å². The van der Waals surface area contributed by atoms with Crippen LogP contribution in [0.3, 0.4) is 0 Å². The van der Waals surface area contributed by atoms with E-state index in [9.17, 15) is 0 Å². The van der Waals surface area contributed by atoms with Crippen molar-refractivity contribution in [2.45, 2.75) is 25.3 Å². The number of hydrogen-bond acceptors (Lipinski definition) is 5. The van der Waals surface area contributed by atoms with Gasteiger partial charge in [0.1, 0.15) is 0 Å². The first kappa shape index (κ1) is 18.6. The van der Waals surface area contributed by atoms with Gasteiger partial charge in [0.15, 0.2) is 11.6 Å². The highest BCUT2D eigenvalue weighted by molar-refractivity contribution is 6.30. The summed E-state index contributed by atoms with van der Waals surface area (Å²) in [5, 5.41) is 4.40. The van der Waals surface area contributed by atoms with E-state index in [4.69, 9.17) is 21.6 Å². The van der Waals surface area contributed by atoms with Crippen molar-refractivity contribution in [3.8, 4) is 0 Å². The molecule has 0 amide bonds. The number of piperazine rings is 1. The van der Waals surface area contributed by atoms with Gasteiger partial charge in [0.25, 0.3) is 0 Å². The molecule has 1 saturated carbocycles. The SMILES string of the molecule is Clc1ccc(CCN2CCN(c3nc4ccccc4nc3NC3CC3)CC2)cc1. The summed E-state index contributed by atoms with van der Waals surface area (Å²) in [7, 11) is 0. The maximum atomic E-state index is 5.99. The van der Waals surface area contributed by atoms with Crippen LogP contribution in [0.5, 0.6) is 0 Å². The number of anilines is 2. The number of hydrogen-bond donors (Lipinski definition) is 1. The molecular formula is C23H26ClN5. The van der Waals surface area contributed by atoms with Gasteiger partial charge >= 0.3 is 0 Å². The third kappa shape index (κ3) is 4.46. The van der Waals surface area contributed by atoms with E-state index in [1.165, 1.54) is 18.4 Å². The van der Waals surface area contributed by atoms with Crippen LogP contribution in [0.1, 0.15) is 18.4 Å². The van der Waals surface area contributed by atoms with Crippen LogP contribution < -0.4 is 10.2 Å². The van der Waals surface area contributed by atoms with Gasteiger partial charge in [-0.1, -0.05) is 35.9 Å². The highest BCUT2D eigenvalue weighted by Gasteiger charge is 2.26. The molecule has 5 nitrogen and oxygen atoms in total. The molecule has 0 bridgehead atoms. The summed E-state index contributed by atoms with van der Waals surface area (Å²) in [6, 6.07) is 16.9. The Labute approximate surface area is 176 Å². The molecule has 2 aliphatic rings. The van der Waals surface area contributed by atoms with Gasteiger partial charge in [0, 0.05) is 43.8 Å². The van der Waals surface area contributed by atoms with E-state index >= 15 is 0 Å². The molecule has 1 saturated heterocycles. The average molecular weight is 408 g/mol. The summed E-state index contributed by atoms with van der Waals surface area (Å²) in [6.07, 6.45) is 3.51. The summed E-state index contributed by atoms with van der Waals surface area (Å²) in [4.78, 5) is 14.8. The monoisotopic (exact) mass is 407 g/mol. The van der Waals surface area contributed by atoms with E-state index in [1.54, 1.807) is 0 Å². The Balaban J connectivity index is 1.26. The molecule has 1 aliphatic carbocycles. The Morgan fingerprint density at radius 1 is 0.897 bits per heavy atom. The third-order valence-corrected chi connectivity index (χ3v) is 6.02. The number of para-hydroxylation sites is 2. The maximum Gasteiger partial charge on any atom is 0.172 e. The average Bonchev–Trinajstić information content (AvgIpc) is 3.57. The normalized spacial score (nSPS) is 17.6. The van der Waals surface area contributed by atoms with Crippen molar-refractivity contribution in [3.63, 3.8) is 0 Å². The fraction of sp³-hybridized carbons (Fsp3) is 0.391. The molecule has 1 aromatic heterocycles. The highest BCUT2D eigenvalue weighted by Crippen LogP contribution is 2.31. The predicted octanol–water partition coefficient (Wildman–Crippen LogP) is 4.22. The van der Waals surface area contributed by atoms with Gasteiger partial charge in [0.05, 0.1) is 11.0 Å². The molecule has 2 heterocycles. The molecule has 0 radical (unpaired) electrons. The minimum Gasteiger partial charge on any atom is -0.364 e. The fourth-order valence-corrected chi connectivity index (χ4v) is 3.98. The van der Waals surface area contributed by atoms with Gasteiger partial charge in [-0.2, -0.15) is 0 Å². The van der Waals surface area contributed by atoms with Crippen molar-refractivity contribution in [1.82, 2.24) is 14.9 Å². The van der Waals surface area contributed by atoms with Gasteiger partial charge in [-0.3, -0.25) is 4.90 Å². The third-order valence-electron chi connectivity index (χ3n) is 5.77. The van der Waals surface area contributed by atoms with Crippen LogP contribution in [0.25, 0.3) is 11.0 Å². The largest absolute Gasteiger partial charge is 0.364 e. The molecule has 150 valence electrons. The van der Waals surface area contributed by atoms with E-state index in [2.05, 4.69) is 33.3 Å². The van der Waals surface area contributed by atoms with Crippen LogP contribution in [0.2, 0.25) is 5.02 Å². The predicted molar refractivity (Wildman–Crippen MR) is 120 cm³/mol. The van der Waals surface area contributed by atoms with Gasteiger partial charge in [-0.15, -0.1) is 0 Å². The van der Waals surface area contributed by atoms with Crippen molar-refractivity contribution in [1.29, 1.82) is 0 Å². The number of nitrogens with one attached hydrogen (secondary N) is 1. The number of halogens is 1. The van der Waals surface area contributed by atoms with Crippen LogP contribution in [0.15, 0.2) is 48.5 Å². The molecule has 3 aromatic rings. The first-order chi connectivity index (χ1) is 14.2. The summed E-state index contributed by atoms with van der Waals surface area (Å²) in [5.41, 5.74) is 3.27.